The number of aromatic nitrogens is 1. The molecule has 1 saturated carbocycles. The van der Waals surface area contributed by atoms with E-state index in [0.717, 1.165) is 67.3 Å². The molecule has 1 aliphatic carbocycles. The summed E-state index contributed by atoms with van der Waals surface area (Å²) in [6.45, 7) is 5.87. The quantitative estimate of drug-likeness (QED) is 0.234. The zero-order chi connectivity index (χ0) is 28.5. The van der Waals surface area contributed by atoms with E-state index in [4.69, 9.17) is 23.9 Å². The summed E-state index contributed by atoms with van der Waals surface area (Å²) in [6, 6.07) is 12.8. The molecule has 1 N–H and O–H groups in total. The van der Waals surface area contributed by atoms with Crippen LogP contribution in [0.5, 0.6) is 23.0 Å². The van der Waals surface area contributed by atoms with Gasteiger partial charge in [-0.15, -0.1) is 0 Å². The lowest BCUT2D eigenvalue weighted by Crippen LogP contribution is -2.29. The highest BCUT2D eigenvalue weighted by molar-refractivity contribution is 5.65. The van der Waals surface area contributed by atoms with Crippen LogP contribution >= 0.6 is 0 Å². The zero-order valence-electron chi connectivity index (χ0n) is 25.0. The van der Waals surface area contributed by atoms with Gasteiger partial charge in [0, 0.05) is 31.4 Å². The molecule has 0 radical (unpaired) electrons. The summed E-state index contributed by atoms with van der Waals surface area (Å²) in [5.74, 6) is 3.69. The highest BCUT2D eigenvalue weighted by Gasteiger charge is 2.23. The maximum absolute atomic E-state index is 5.73. The fraction of sp³-hybridized carbons (Fsp3) is 0.485. The second-order valence-electron chi connectivity index (χ2n) is 10.7. The fourth-order valence-corrected chi connectivity index (χ4v) is 5.49. The minimum absolute atomic E-state index is 0.650. The van der Waals surface area contributed by atoms with Crippen molar-refractivity contribution in [3.8, 4) is 34.3 Å². The summed E-state index contributed by atoms with van der Waals surface area (Å²) < 4.78 is 22.2. The van der Waals surface area contributed by atoms with E-state index < -0.39 is 0 Å². The molecule has 1 aromatic heterocycles. The standard InChI is InChI=1S/C33H45N3O4/c1-23-28(25-9-7-10-25)20-27(21-31(23)38-4)29-19-24(14-16-35-29)22-36(2)18-17-34-15-8-11-26-12-13-30(37-3)33(40-6)32(26)39-5/h12-14,16,19-21,25,34H,7-11,15,17-18,22H2,1-6H3. The van der Waals surface area contributed by atoms with E-state index in [-0.39, 0.29) is 0 Å². The number of likely N-dealkylation sites (N-methyl/N-ethyl adjacent to an activating group) is 1. The third kappa shape index (κ3) is 7.07. The van der Waals surface area contributed by atoms with E-state index in [1.54, 1.807) is 28.4 Å². The van der Waals surface area contributed by atoms with E-state index in [0.29, 0.717) is 17.4 Å². The van der Waals surface area contributed by atoms with Gasteiger partial charge in [-0.1, -0.05) is 12.5 Å². The van der Waals surface area contributed by atoms with Gasteiger partial charge in [-0.3, -0.25) is 4.98 Å². The van der Waals surface area contributed by atoms with Crippen LogP contribution < -0.4 is 24.3 Å². The topological polar surface area (TPSA) is 65.1 Å². The Balaban J connectivity index is 1.27. The molecule has 0 spiro atoms. The van der Waals surface area contributed by atoms with E-state index in [1.165, 1.54) is 36.0 Å². The summed E-state index contributed by atoms with van der Waals surface area (Å²) in [5, 5.41) is 3.58. The third-order valence-electron chi connectivity index (χ3n) is 7.99. The minimum atomic E-state index is 0.650. The molecule has 2 aromatic carbocycles. The molecule has 1 aliphatic rings. The zero-order valence-corrected chi connectivity index (χ0v) is 25.0. The summed E-state index contributed by atoms with van der Waals surface area (Å²) in [4.78, 5) is 7.06. The predicted molar refractivity (Wildman–Crippen MR) is 161 cm³/mol. The van der Waals surface area contributed by atoms with Gasteiger partial charge in [0.15, 0.2) is 11.5 Å². The van der Waals surface area contributed by atoms with Crippen molar-refractivity contribution in [3.05, 3.63) is 64.8 Å². The Morgan fingerprint density at radius 1 is 0.900 bits per heavy atom. The van der Waals surface area contributed by atoms with Crippen LogP contribution in [-0.2, 0) is 13.0 Å². The average Bonchev–Trinajstić information content (AvgIpc) is 2.94. The lowest BCUT2D eigenvalue weighted by molar-refractivity contribution is 0.321. The Bertz CT molecular complexity index is 1260. The molecule has 0 amide bonds. The van der Waals surface area contributed by atoms with Crippen molar-refractivity contribution >= 4 is 0 Å². The number of ether oxygens (including phenoxy) is 4. The highest BCUT2D eigenvalue weighted by atomic mass is 16.5. The number of methoxy groups -OCH3 is 4. The molecule has 0 atom stereocenters. The first-order valence-corrected chi connectivity index (χ1v) is 14.3. The second-order valence-corrected chi connectivity index (χ2v) is 10.7. The predicted octanol–water partition coefficient (Wildman–Crippen LogP) is 6.01. The monoisotopic (exact) mass is 547 g/mol. The van der Waals surface area contributed by atoms with Crippen molar-refractivity contribution in [1.82, 2.24) is 15.2 Å². The van der Waals surface area contributed by atoms with Crippen molar-refractivity contribution < 1.29 is 18.9 Å². The van der Waals surface area contributed by atoms with E-state index in [1.807, 2.05) is 12.3 Å². The molecular weight excluding hydrogens is 502 g/mol. The highest BCUT2D eigenvalue weighted by Crippen LogP contribution is 2.42. The van der Waals surface area contributed by atoms with Gasteiger partial charge in [0.2, 0.25) is 5.75 Å². The lowest BCUT2D eigenvalue weighted by Gasteiger charge is -2.28. The number of rotatable bonds is 15. The van der Waals surface area contributed by atoms with E-state index >= 15 is 0 Å². The first kappa shape index (κ1) is 29.7. The Hall–Kier alpha value is -3.29. The molecule has 1 fully saturated rings. The first-order chi connectivity index (χ1) is 19.5. The number of hydrogen-bond acceptors (Lipinski definition) is 7. The average molecular weight is 548 g/mol. The fourth-order valence-electron chi connectivity index (χ4n) is 5.49. The van der Waals surface area contributed by atoms with Crippen LogP contribution in [-0.4, -0.2) is 65.0 Å². The largest absolute Gasteiger partial charge is 0.496 e. The Kier molecular flexibility index (Phi) is 10.7. The van der Waals surface area contributed by atoms with Gasteiger partial charge in [0.05, 0.1) is 34.1 Å². The maximum atomic E-state index is 5.73. The lowest BCUT2D eigenvalue weighted by atomic mass is 9.77. The number of benzene rings is 2. The van der Waals surface area contributed by atoms with Gasteiger partial charge in [-0.25, -0.2) is 0 Å². The van der Waals surface area contributed by atoms with Gasteiger partial charge >= 0.3 is 0 Å². The molecular formula is C33H45N3O4. The molecule has 0 aliphatic heterocycles. The summed E-state index contributed by atoms with van der Waals surface area (Å²) >= 11 is 0. The summed E-state index contributed by atoms with van der Waals surface area (Å²) in [7, 11) is 8.88. The molecule has 0 bridgehead atoms. The van der Waals surface area contributed by atoms with Crippen molar-refractivity contribution in [1.29, 1.82) is 0 Å². The molecule has 4 rings (SSSR count). The molecule has 0 saturated heterocycles. The summed E-state index contributed by atoms with van der Waals surface area (Å²) in [6.07, 6.45) is 7.69. The van der Waals surface area contributed by atoms with Crippen LogP contribution in [0.3, 0.4) is 0 Å². The normalized spacial score (nSPS) is 13.3. The Morgan fingerprint density at radius 2 is 1.68 bits per heavy atom. The maximum Gasteiger partial charge on any atom is 0.203 e. The van der Waals surface area contributed by atoms with Gasteiger partial charge < -0.3 is 29.2 Å². The van der Waals surface area contributed by atoms with Gasteiger partial charge in [0.1, 0.15) is 5.75 Å². The molecule has 216 valence electrons. The van der Waals surface area contributed by atoms with Crippen LogP contribution in [0.25, 0.3) is 11.3 Å². The first-order valence-electron chi connectivity index (χ1n) is 14.3. The van der Waals surface area contributed by atoms with Crippen LogP contribution in [0.15, 0.2) is 42.6 Å². The van der Waals surface area contributed by atoms with E-state index in [2.05, 4.69) is 54.5 Å². The SMILES string of the molecule is COc1cc(-c2cc(CN(C)CCNCCCc3ccc(OC)c(OC)c3OC)ccn2)cc(C2CCC2)c1C. The number of nitrogens with zero attached hydrogens (tertiary/aromatic N) is 2. The Morgan fingerprint density at radius 3 is 2.35 bits per heavy atom. The molecule has 7 heteroatoms. The van der Waals surface area contributed by atoms with Crippen LogP contribution in [0.4, 0.5) is 0 Å². The van der Waals surface area contributed by atoms with Crippen molar-refractivity contribution in [3.63, 3.8) is 0 Å². The molecule has 3 aromatic rings. The molecule has 40 heavy (non-hydrogen) atoms. The van der Waals surface area contributed by atoms with Gasteiger partial charge in [-0.2, -0.15) is 0 Å². The molecule has 0 unspecified atom stereocenters. The van der Waals surface area contributed by atoms with Crippen molar-refractivity contribution in [2.75, 3.05) is 55.1 Å². The Labute approximate surface area is 239 Å². The number of hydrogen-bond donors (Lipinski definition) is 1. The summed E-state index contributed by atoms with van der Waals surface area (Å²) in [5.41, 5.74) is 7.22. The van der Waals surface area contributed by atoms with Crippen LogP contribution in [0.1, 0.15) is 53.9 Å². The molecule has 1 heterocycles. The van der Waals surface area contributed by atoms with Crippen LogP contribution in [0.2, 0.25) is 0 Å². The second kappa shape index (κ2) is 14.4. The number of aryl methyl sites for hydroxylation is 1. The number of nitrogens with one attached hydrogen (secondary N) is 1. The molecule has 7 nitrogen and oxygen atoms in total. The smallest absolute Gasteiger partial charge is 0.203 e. The van der Waals surface area contributed by atoms with Crippen LogP contribution in [0, 0.1) is 6.92 Å². The van der Waals surface area contributed by atoms with Gasteiger partial charge in [-0.05, 0) is 105 Å². The van der Waals surface area contributed by atoms with Gasteiger partial charge in [0.25, 0.3) is 0 Å². The third-order valence-corrected chi connectivity index (χ3v) is 7.99. The number of pyridine rings is 1. The van der Waals surface area contributed by atoms with Crippen molar-refractivity contribution in [2.24, 2.45) is 0 Å². The van der Waals surface area contributed by atoms with Crippen molar-refractivity contribution in [2.45, 2.75) is 51.5 Å². The minimum Gasteiger partial charge on any atom is -0.496 e. The van der Waals surface area contributed by atoms with E-state index in [9.17, 15) is 0 Å².